The van der Waals surface area contributed by atoms with Gasteiger partial charge in [-0.2, -0.15) is 13.2 Å². The van der Waals surface area contributed by atoms with E-state index in [0.717, 1.165) is 38.1 Å². The third kappa shape index (κ3) is 4.62. The number of alkyl halides is 3. The molecule has 1 atom stereocenters. The molecular weight excluding hydrogens is 372 g/mol. The lowest BCUT2D eigenvalue weighted by atomic mass is 10.0. The van der Waals surface area contributed by atoms with Gasteiger partial charge in [-0.3, -0.25) is 0 Å². The quantitative estimate of drug-likeness (QED) is 0.771. The van der Waals surface area contributed by atoms with Crippen molar-refractivity contribution in [1.82, 2.24) is 15.3 Å². The van der Waals surface area contributed by atoms with Gasteiger partial charge in [0.05, 0.1) is 11.3 Å². The Balaban J connectivity index is 0.00000243. The van der Waals surface area contributed by atoms with Gasteiger partial charge in [-0.05, 0) is 38.4 Å². The maximum atomic E-state index is 14.1. The number of halogens is 5. The molecule has 1 aromatic heterocycles. The number of rotatable bonds is 3. The van der Waals surface area contributed by atoms with Crippen LogP contribution in [0, 0.1) is 12.7 Å². The second-order valence-electron chi connectivity index (χ2n) is 6.07. The molecule has 2 aromatic rings. The molecule has 0 amide bonds. The van der Waals surface area contributed by atoms with Crippen LogP contribution in [-0.2, 0) is 6.18 Å². The minimum absolute atomic E-state index is 0. The van der Waals surface area contributed by atoms with E-state index in [2.05, 4.69) is 20.6 Å². The topological polar surface area (TPSA) is 49.8 Å². The van der Waals surface area contributed by atoms with Crippen molar-refractivity contribution in [2.75, 3.05) is 18.4 Å². The fraction of sp³-hybridized carbons (Fsp3) is 0.412. The summed E-state index contributed by atoms with van der Waals surface area (Å²) in [7, 11) is 0. The van der Waals surface area contributed by atoms with E-state index in [9.17, 15) is 17.6 Å². The Bertz CT molecular complexity index is 761. The first kappa shape index (κ1) is 20.4. The highest BCUT2D eigenvalue weighted by molar-refractivity contribution is 5.85. The first-order valence-electron chi connectivity index (χ1n) is 8.02. The van der Waals surface area contributed by atoms with Gasteiger partial charge in [0.15, 0.2) is 0 Å². The van der Waals surface area contributed by atoms with E-state index in [-0.39, 0.29) is 24.0 Å². The average Bonchev–Trinajstić information content (AvgIpc) is 2.56. The van der Waals surface area contributed by atoms with Gasteiger partial charge in [-0.25, -0.2) is 14.4 Å². The molecule has 1 saturated heterocycles. The maximum Gasteiger partial charge on any atom is 0.416 e. The van der Waals surface area contributed by atoms with E-state index in [1.807, 2.05) is 0 Å². The van der Waals surface area contributed by atoms with Crippen molar-refractivity contribution in [1.29, 1.82) is 0 Å². The van der Waals surface area contributed by atoms with Gasteiger partial charge in [-0.1, -0.05) is 6.07 Å². The van der Waals surface area contributed by atoms with Crippen molar-refractivity contribution in [3.8, 4) is 11.1 Å². The molecule has 0 spiro atoms. The second kappa shape index (κ2) is 8.18. The number of nitrogens with zero attached hydrogens (tertiary/aromatic N) is 2. The fourth-order valence-electron chi connectivity index (χ4n) is 2.87. The van der Waals surface area contributed by atoms with Crippen LogP contribution in [0.3, 0.4) is 0 Å². The Kier molecular flexibility index (Phi) is 6.41. The highest BCUT2D eigenvalue weighted by Crippen LogP contribution is 2.33. The minimum Gasteiger partial charge on any atom is -0.350 e. The first-order chi connectivity index (χ1) is 11.8. The lowest BCUT2D eigenvalue weighted by Gasteiger charge is -2.24. The van der Waals surface area contributed by atoms with Gasteiger partial charge in [0.2, 0.25) is 5.95 Å². The summed E-state index contributed by atoms with van der Waals surface area (Å²) < 4.78 is 52.1. The van der Waals surface area contributed by atoms with Crippen LogP contribution in [0.4, 0.5) is 23.5 Å². The van der Waals surface area contributed by atoms with Gasteiger partial charge >= 0.3 is 6.18 Å². The van der Waals surface area contributed by atoms with Crippen molar-refractivity contribution >= 4 is 18.4 Å². The van der Waals surface area contributed by atoms with E-state index in [4.69, 9.17) is 0 Å². The molecule has 2 N–H and O–H groups in total. The molecule has 0 radical (unpaired) electrons. The molecule has 1 fully saturated rings. The molecule has 0 bridgehead atoms. The molecule has 0 saturated carbocycles. The monoisotopic (exact) mass is 390 g/mol. The molecule has 3 rings (SSSR count). The molecule has 1 aliphatic rings. The summed E-state index contributed by atoms with van der Waals surface area (Å²) in [5.74, 6) is -0.513. The van der Waals surface area contributed by atoms with E-state index < -0.39 is 17.6 Å². The van der Waals surface area contributed by atoms with Crippen LogP contribution in [0.1, 0.15) is 24.1 Å². The van der Waals surface area contributed by atoms with Crippen molar-refractivity contribution in [3.05, 3.63) is 41.5 Å². The summed E-state index contributed by atoms with van der Waals surface area (Å²) in [5.41, 5.74) is -0.0924. The van der Waals surface area contributed by atoms with Gasteiger partial charge in [0.25, 0.3) is 0 Å². The van der Waals surface area contributed by atoms with E-state index in [1.165, 1.54) is 6.20 Å². The lowest BCUT2D eigenvalue weighted by Crippen LogP contribution is -2.38. The number of anilines is 1. The number of benzene rings is 1. The number of nitrogens with one attached hydrogen (secondary N) is 2. The Morgan fingerprint density at radius 2 is 2.00 bits per heavy atom. The Morgan fingerprint density at radius 3 is 2.58 bits per heavy atom. The van der Waals surface area contributed by atoms with E-state index in [0.29, 0.717) is 23.3 Å². The Hall–Kier alpha value is -1.93. The van der Waals surface area contributed by atoms with Crippen molar-refractivity contribution < 1.29 is 17.6 Å². The van der Waals surface area contributed by atoms with Crippen LogP contribution in [0.15, 0.2) is 24.4 Å². The number of aromatic nitrogens is 2. The lowest BCUT2D eigenvalue weighted by molar-refractivity contribution is -0.137. The summed E-state index contributed by atoms with van der Waals surface area (Å²) in [5, 5.41) is 6.49. The highest BCUT2D eigenvalue weighted by atomic mass is 35.5. The summed E-state index contributed by atoms with van der Waals surface area (Å²) >= 11 is 0. The van der Waals surface area contributed by atoms with Crippen LogP contribution in [0.5, 0.6) is 0 Å². The van der Waals surface area contributed by atoms with Crippen molar-refractivity contribution in [2.24, 2.45) is 0 Å². The number of piperidine rings is 1. The van der Waals surface area contributed by atoms with Gasteiger partial charge in [-0.15, -0.1) is 12.4 Å². The predicted molar refractivity (Wildman–Crippen MR) is 93.9 cm³/mol. The average molecular weight is 391 g/mol. The molecule has 0 unspecified atom stereocenters. The van der Waals surface area contributed by atoms with Crippen LogP contribution in [0.2, 0.25) is 0 Å². The molecule has 4 nitrogen and oxygen atoms in total. The molecule has 9 heteroatoms. The Labute approximate surface area is 154 Å². The predicted octanol–water partition coefficient (Wildman–Crippen LogP) is 4.20. The SMILES string of the molecule is Cc1nc(N[C@@H]2CCCNC2)ncc1-c1ccc(C(F)(F)F)cc1F.Cl. The third-order valence-corrected chi connectivity index (χ3v) is 4.20. The normalized spacial score (nSPS) is 17.5. The standard InChI is InChI=1S/C17H18F4N4.ClH/c1-10-14(13-5-4-11(7-15(13)18)17(19,20)21)9-23-16(24-10)25-12-3-2-6-22-8-12;/h4-5,7,9,12,22H,2-3,6,8H2,1H3,(H,23,24,25);1H/t12-;/m1./s1. The zero-order valence-electron chi connectivity index (χ0n) is 14.0. The largest absolute Gasteiger partial charge is 0.416 e. The summed E-state index contributed by atoms with van der Waals surface area (Å²) in [6.07, 6.45) is -1.07. The summed E-state index contributed by atoms with van der Waals surface area (Å²) in [4.78, 5) is 8.50. The zero-order chi connectivity index (χ0) is 18.0. The Morgan fingerprint density at radius 1 is 1.23 bits per heavy atom. The summed E-state index contributed by atoms with van der Waals surface area (Å²) in [6.45, 7) is 3.49. The fourth-order valence-corrected chi connectivity index (χ4v) is 2.87. The van der Waals surface area contributed by atoms with Crippen LogP contribution < -0.4 is 10.6 Å². The molecule has 1 aliphatic heterocycles. The van der Waals surface area contributed by atoms with Crippen LogP contribution in [0.25, 0.3) is 11.1 Å². The minimum atomic E-state index is -4.58. The van der Waals surface area contributed by atoms with Gasteiger partial charge in [0, 0.05) is 29.9 Å². The molecule has 1 aromatic carbocycles. The van der Waals surface area contributed by atoms with Crippen LogP contribution >= 0.6 is 12.4 Å². The molecular formula is C17H19ClF4N4. The molecule has 142 valence electrons. The van der Waals surface area contributed by atoms with E-state index >= 15 is 0 Å². The zero-order valence-corrected chi connectivity index (χ0v) is 14.8. The molecule has 0 aliphatic carbocycles. The highest BCUT2D eigenvalue weighted by Gasteiger charge is 2.31. The number of hydrogen-bond donors (Lipinski definition) is 2. The third-order valence-electron chi connectivity index (χ3n) is 4.20. The van der Waals surface area contributed by atoms with Gasteiger partial charge in [0.1, 0.15) is 5.82 Å². The number of aryl methyl sites for hydroxylation is 1. The number of hydrogen-bond acceptors (Lipinski definition) is 4. The van der Waals surface area contributed by atoms with Crippen LogP contribution in [-0.4, -0.2) is 29.1 Å². The molecule has 26 heavy (non-hydrogen) atoms. The second-order valence-corrected chi connectivity index (χ2v) is 6.07. The van der Waals surface area contributed by atoms with Gasteiger partial charge < -0.3 is 10.6 Å². The summed E-state index contributed by atoms with van der Waals surface area (Å²) in [6, 6.07) is 2.69. The smallest absolute Gasteiger partial charge is 0.350 e. The first-order valence-corrected chi connectivity index (χ1v) is 8.02. The maximum absolute atomic E-state index is 14.1. The van der Waals surface area contributed by atoms with Crippen molar-refractivity contribution in [2.45, 2.75) is 32.0 Å². The van der Waals surface area contributed by atoms with Crippen molar-refractivity contribution in [3.63, 3.8) is 0 Å². The van der Waals surface area contributed by atoms with E-state index in [1.54, 1.807) is 6.92 Å². The molecule has 2 heterocycles.